The summed E-state index contributed by atoms with van der Waals surface area (Å²) >= 11 is 2.05. The predicted octanol–water partition coefficient (Wildman–Crippen LogP) is 3.98. The van der Waals surface area contributed by atoms with Crippen LogP contribution in [0.5, 0.6) is 0 Å². The van der Waals surface area contributed by atoms with Gasteiger partial charge in [-0.2, -0.15) is 0 Å². The van der Waals surface area contributed by atoms with Crippen LogP contribution in [0.1, 0.15) is 33.3 Å². The van der Waals surface area contributed by atoms with Crippen molar-refractivity contribution in [3.05, 3.63) is 29.8 Å². The normalized spacial score (nSPS) is 27.3. The molecule has 1 aliphatic carbocycles. The van der Waals surface area contributed by atoms with Gasteiger partial charge in [0, 0.05) is 16.7 Å². The van der Waals surface area contributed by atoms with Crippen molar-refractivity contribution in [2.24, 2.45) is 16.7 Å². The molecule has 0 bridgehead atoms. The van der Waals surface area contributed by atoms with Gasteiger partial charge in [-0.1, -0.05) is 45.9 Å². The van der Waals surface area contributed by atoms with Gasteiger partial charge in [0.25, 0.3) is 0 Å². The third-order valence-corrected chi connectivity index (χ3v) is 7.07. The van der Waals surface area contributed by atoms with Gasteiger partial charge in [0.15, 0.2) is 0 Å². The lowest BCUT2D eigenvalue weighted by Gasteiger charge is -2.11. The van der Waals surface area contributed by atoms with Crippen LogP contribution in [-0.4, -0.2) is 18.3 Å². The SMILES string of the molecule is CC1(C)C(CNCC2Cc3ccccc3S2)C1(C)C. The number of rotatable bonds is 4. The van der Waals surface area contributed by atoms with Crippen molar-refractivity contribution >= 4 is 11.8 Å². The van der Waals surface area contributed by atoms with E-state index >= 15 is 0 Å². The van der Waals surface area contributed by atoms with Gasteiger partial charge in [0.2, 0.25) is 0 Å². The van der Waals surface area contributed by atoms with Crippen LogP contribution in [0.3, 0.4) is 0 Å². The Morgan fingerprint density at radius 2 is 1.79 bits per heavy atom. The average molecular weight is 275 g/mol. The van der Waals surface area contributed by atoms with Crippen molar-refractivity contribution in [1.82, 2.24) is 5.32 Å². The summed E-state index contributed by atoms with van der Waals surface area (Å²) in [6.45, 7) is 11.9. The molecule has 1 unspecified atom stereocenters. The Kier molecular flexibility index (Phi) is 3.22. The minimum atomic E-state index is 0.506. The van der Waals surface area contributed by atoms with E-state index < -0.39 is 0 Å². The predicted molar refractivity (Wildman–Crippen MR) is 83.7 cm³/mol. The molecule has 0 spiro atoms. The topological polar surface area (TPSA) is 12.0 Å². The van der Waals surface area contributed by atoms with Crippen molar-refractivity contribution in [2.45, 2.75) is 44.3 Å². The Bertz CT molecular complexity index is 439. The molecule has 1 aromatic rings. The first-order valence-electron chi connectivity index (χ1n) is 7.38. The second-order valence-electron chi connectivity index (χ2n) is 7.21. The molecule has 1 atom stereocenters. The van der Waals surface area contributed by atoms with Crippen LogP contribution in [0.15, 0.2) is 29.2 Å². The zero-order valence-electron chi connectivity index (χ0n) is 12.5. The van der Waals surface area contributed by atoms with Crippen molar-refractivity contribution in [3.63, 3.8) is 0 Å². The standard InChI is InChI=1S/C17H25NS/c1-16(2)15(17(16,3)4)11-18-10-13-9-12-7-5-6-8-14(12)19-13/h5-8,13,15,18H,9-11H2,1-4H3. The fourth-order valence-electron chi connectivity index (χ4n) is 3.60. The van der Waals surface area contributed by atoms with E-state index in [0.717, 1.165) is 17.7 Å². The number of fused-ring (bicyclic) bond motifs is 1. The molecule has 0 saturated heterocycles. The van der Waals surface area contributed by atoms with Crippen LogP contribution in [0.25, 0.3) is 0 Å². The number of hydrogen-bond donors (Lipinski definition) is 1. The lowest BCUT2D eigenvalue weighted by atomic mass is 10.0. The molecule has 1 aliphatic heterocycles. The first kappa shape index (κ1) is 13.5. The van der Waals surface area contributed by atoms with Crippen LogP contribution in [-0.2, 0) is 6.42 Å². The Labute approximate surface area is 121 Å². The molecular formula is C17H25NS. The van der Waals surface area contributed by atoms with E-state index in [2.05, 4.69) is 57.3 Å². The molecule has 0 amide bonds. The van der Waals surface area contributed by atoms with E-state index in [0.29, 0.717) is 10.8 Å². The van der Waals surface area contributed by atoms with Gasteiger partial charge >= 0.3 is 0 Å². The number of nitrogens with one attached hydrogen (secondary N) is 1. The number of hydrogen-bond acceptors (Lipinski definition) is 2. The Morgan fingerprint density at radius 3 is 2.42 bits per heavy atom. The van der Waals surface area contributed by atoms with Gasteiger partial charge in [-0.05, 0) is 41.3 Å². The van der Waals surface area contributed by atoms with Crippen molar-refractivity contribution < 1.29 is 0 Å². The average Bonchev–Trinajstić information content (AvgIpc) is 2.68. The van der Waals surface area contributed by atoms with Crippen LogP contribution in [0, 0.1) is 16.7 Å². The summed E-state index contributed by atoms with van der Waals surface area (Å²) in [5.41, 5.74) is 2.55. The summed E-state index contributed by atoms with van der Waals surface area (Å²) in [7, 11) is 0. The minimum absolute atomic E-state index is 0.506. The van der Waals surface area contributed by atoms with E-state index in [1.165, 1.54) is 23.4 Å². The maximum Gasteiger partial charge on any atom is 0.0260 e. The first-order valence-corrected chi connectivity index (χ1v) is 8.26. The van der Waals surface area contributed by atoms with E-state index in [-0.39, 0.29) is 0 Å². The molecule has 1 heterocycles. The highest BCUT2D eigenvalue weighted by Crippen LogP contribution is 2.67. The maximum absolute atomic E-state index is 3.71. The summed E-state index contributed by atoms with van der Waals surface area (Å²) in [4.78, 5) is 1.49. The third-order valence-electron chi connectivity index (χ3n) is 5.75. The largest absolute Gasteiger partial charge is 0.315 e. The molecular weight excluding hydrogens is 250 g/mol. The molecule has 1 saturated carbocycles. The molecule has 1 nitrogen and oxygen atoms in total. The van der Waals surface area contributed by atoms with E-state index in [1.807, 2.05) is 11.8 Å². The van der Waals surface area contributed by atoms with Crippen LogP contribution < -0.4 is 5.32 Å². The summed E-state index contributed by atoms with van der Waals surface area (Å²) < 4.78 is 0. The second kappa shape index (κ2) is 4.53. The molecule has 2 aliphatic rings. The summed E-state index contributed by atoms with van der Waals surface area (Å²) in [6.07, 6.45) is 1.23. The van der Waals surface area contributed by atoms with E-state index in [1.54, 1.807) is 0 Å². The monoisotopic (exact) mass is 275 g/mol. The summed E-state index contributed by atoms with van der Waals surface area (Å²) in [6, 6.07) is 8.84. The van der Waals surface area contributed by atoms with Gasteiger partial charge in [0.1, 0.15) is 0 Å². The molecule has 2 heteroatoms. The minimum Gasteiger partial charge on any atom is -0.315 e. The molecule has 104 valence electrons. The van der Waals surface area contributed by atoms with Crippen molar-refractivity contribution in [3.8, 4) is 0 Å². The fourth-order valence-corrected chi connectivity index (χ4v) is 4.88. The molecule has 0 radical (unpaired) electrons. The zero-order chi connectivity index (χ0) is 13.7. The van der Waals surface area contributed by atoms with Gasteiger partial charge in [-0.3, -0.25) is 0 Å². The number of thioether (sulfide) groups is 1. The molecule has 3 rings (SSSR count). The van der Waals surface area contributed by atoms with Gasteiger partial charge in [-0.25, -0.2) is 0 Å². The highest BCUT2D eigenvalue weighted by atomic mass is 32.2. The maximum atomic E-state index is 3.71. The Hall–Kier alpha value is -0.470. The van der Waals surface area contributed by atoms with E-state index in [9.17, 15) is 0 Å². The Morgan fingerprint density at radius 1 is 1.11 bits per heavy atom. The molecule has 1 aromatic carbocycles. The van der Waals surface area contributed by atoms with Crippen LogP contribution in [0.4, 0.5) is 0 Å². The van der Waals surface area contributed by atoms with Gasteiger partial charge in [0.05, 0.1) is 0 Å². The van der Waals surface area contributed by atoms with Gasteiger partial charge < -0.3 is 5.32 Å². The summed E-state index contributed by atoms with van der Waals surface area (Å²) in [5, 5.41) is 4.44. The second-order valence-corrected chi connectivity index (χ2v) is 8.55. The molecule has 0 aromatic heterocycles. The molecule has 1 fully saturated rings. The first-order chi connectivity index (χ1) is 8.93. The van der Waals surface area contributed by atoms with Crippen molar-refractivity contribution in [2.75, 3.05) is 13.1 Å². The van der Waals surface area contributed by atoms with Crippen molar-refractivity contribution in [1.29, 1.82) is 0 Å². The summed E-state index contributed by atoms with van der Waals surface area (Å²) in [5.74, 6) is 0.828. The lowest BCUT2D eigenvalue weighted by Crippen LogP contribution is -2.27. The molecule has 19 heavy (non-hydrogen) atoms. The third kappa shape index (κ3) is 2.23. The Balaban J connectivity index is 1.46. The highest BCUT2D eigenvalue weighted by Gasteiger charge is 2.63. The smallest absolute Gasteiger partial charge is 0.0260 e. The molecule has 1 N–H and O–H groups in total. The van der Waals surface area contributed by atoms with Crippen LogP contribution >= 0.6 is 11.8 Å². The quantitative estimate of drug-likeness (QED) is 0.892. The van der Waals surface area contributed by atoms with E-state index in [4.69, 9.17) is 0 Å². The lowest BCUT2D eigenvalue weighted by molar-refractivity contribution is 0.457. The van der Waals surface area contributed by atoms with Gasteiger partial charge in [-0.15, -0.1) is 11.8 Å². The number of benzene rings is 1. The highest BCUT2D eigenvalue weighted by molar-refractivity contribution is 8.00. The fraction of sp³-hybridized carbons (Fsp3) is 0.647. The van der Waals surface area contributed by atoms with Crippen LogP contribution in [0.2, 0.25) is 0 Å². The zero-order valence-corrected chi connectivity index (χ0v) is 13.3.